The molecule has 1 heterocycles. The number of carbonyl (C=O) groups is 4. The van der Waals surface area contributed by atoms with Crippen molar-refractivity contribution in [2.75, 3.05) is 6.54 Å². The van der Waals surface area contributed by atoms with Gasteiger partial charge in [-0.3, -0.25) is 24.2 Å². The lowest BCUT2D eigenvalue weighted by Gasteiger charge is -2.25. The van der Waals surface area contributed by atoms with E-state index in [4.69, 9.17) is 17.2 Å². The summed E-state index contributed by atoms with van der Waals surface area (Å²) in [5.74, 6) is -2.13. The minimum atomic E-state index is -1.00. The number of aromatic amines is 1. The fraction of sp³-hybridized carbons (Fsp3) is 0.480. The smallest absolute Gasteiger partial charge is 0.243 e. The third-order valence-corrected chi connectivity index (χ3v) is 5.74. The van der Waals surface area contributed by atoms with E-state index in [1.54, 1.807) is 6.20 Å². The van der Waals surface area contributed by atoms with E-state index >= 15 is 0 Å². The molecule has 0 bridgehead atoms. The monoisotopic (exact) mass is 514 g/mol. The summed E-state index contributed by atoms with van der Waals surface area (Å²) in [4.78, 5) is 57.3. The Balaban J connectivity index is 2.22. The molecule has 3 atom stereocenters. The molecular formula is C25H38N8O4. The Morgan fingerprint density at radius 3 is 2.22 bits per heavy atom. The first kappa shape index (κ1) is 29.1. The quantitative estimate of drug-likeness (QED) is 0.103. The molecule has 4 amide bonds. The van der Waals surface area contributed by atoms with Gasteiger partial charge >= 0.3 is 0 Å². The number of benzene rings is 1. The van der Waals surface area contributed by atoms with Crippen molar-refractivity contribution >= 4 is 40.5 Å². The van der Waals surface area contributed by atoms with E-state index in [9.17, 15) is 19.2 Å². The van der Waals surface area contributed by atoms with Gasteiger partial charge in [0.15, 0.2) is 5.96 Å². The number of guanidine groups is 1. The van der Waals surface area contributed by atoms with Crippen LogP contribution >= 0.6 is 0 Å². The second-order valence-electron chi connectivity index (χ2n) is 9.42. The lowest BCUT2D eigenvalue weighted by atomic mass is 10.0. The van der Waals surface area contributed by atoms with Crippen molar-refractivity contribution in [3.05, 3.63) is 36.0 Å². The van der Waals surface area contributed by atoms with Crippen LogP contribution in [0.3, 0.4) is 0 Å². The zero-order valence-corrected chi connectivity index (χ0v) is 21.5. The molecule has 1 aromatic heterocycles. The van der Waals surface area contributed by atoms with E-state index in [1.807, 2.05) is 38.1 Å². The Kier molecular flexibility index (Phi) is 10.9. The molecule has 12 nitrogen and oxygen atoms in total. The molecule has 10 N–H and O–H groups in total. The van der Waals surface area contributed by atoms with E-state index < -0.39 is 35.8 Å². The van der Waals surface area contributed by atoms with Gasteiger partial charge in [-0.05, 0) is 36.8 Å². The lowest BCUT2D eigenvalue weighted by molar-refractivity contribution is -0.133. The van der Waals surface area contributed by atoms with Gasteiger partial charge < -0.3 is 38.1 Å². The Morgan fingerprint density at radius 2 is 1.59 bits per heavy atom. The minimum absolute atomic E-state index is 0.0831. The molecule has 0 saturated heterocycles. The SMILES string of the molecule is CC(=O)N[C@H](Cc1c[nH]c2ccccc12)C(=O)N[C@@H](CCCN=C(N)N)C(=O)N[C@@H](CC(C)C)C(N)=O. The molecule has 0 saturated carbocycles. The highest BCUT2D eigenvalue weighted by Crippen LogP contribution is 2.19. The molecule has 0 spiro atoms. The van der Waals surface area contributed by atoms with Crippen molar-refractivity contribution in [3.8, 4) is 0 Å². The van der Waals surface area contributed by atoms with Crippen LogP contribution in [0.1, 0.15) is 45.6 Å². The predicted molar refractivity (Wildman–Crippen MR) is 142 cm³/mol. The van der Waals surface area contributed by atoms with E-state index in [1.165, 1.54) is 6.92 Å². The second-order valence-corrected chi connectivity index (χ2v) is 9.42. The number of amides is 4. The van der Waals surface area contributed by atoms with Gasteiger partial charge in [-0.2, -0.15) is 0 Å². The number of nitrogens with two attached hydrogens (primary N) is 3. The van der Waals surface area contributed by atoms with Crippen molar-refractivity contribution in [1.29, 1.82) is 0 Å². The molecule has 0 aliphatic heterocycles. The number of hydrogen-bond donors (Lipinski definition) is 7. The maximum absolute atomic E-state index is 13.3. The third kappa shape index (κ3) is 9.47. The van der Waals surface area contributed by atoms with E-state index in [2.05, 4.69) is 25.9 Å². The molecule has 2 aromatic rings. The average molecular weight is 515 g/mol. The van der Waals surface area contributed by atoms with E-state index in [0.717, 1.165) is 16.5 Å². The first-order valence-corrected chi connectivity index (χ1v) is 12.3. The maximum atomic E-state index is 13.3. The number of hydrogen-bond acceptors (Lipinski definition) is 5. The summed E-state index contributed by atoms with van der Waals surface area (Å²) in [6, 6.07) is 4.78. The number of primary amides is 1. The first-order chi connectivity index (χ1) is 17.5. The van der Waals surface area contributed by atoms with Crippen LogP contribution in [0.25, 0.3) is 10.9 Å². The van der Waals surface area contributed by atoms with Crippen molar-refractivity contribution in [2.24, 2.45) is 28.1 Å². The molecular weight excluding hydrogens is 476 g/mol. The van der Waals surface area contributed by atoms with Crippen molar-refractivity contribution in [3.63, 3.8) is 0 Å². The summed E-state index contributed by atoms with van der Waals surface area (Å²) >= 11 is 0. The Hall–Kier alpha value is -4.09. The molecule has 1 aromatic carbocycles. The number of carbonyl (C=O) groups excluding carboxylic acids is 4. The van der Waals surface area contributed by atoms with Gasteiger partial charge in [-0.1, -0.05) is 32.0 Å². The Labute approximate surface area is 216 Å². The Morgan fingerprint density at radius 1 is 0.946 bits per heavy atom. The molecule has 0 aliphatic rings. The standard InChI is InChI=1S/C25H38N8O4/c1-14(2)11-20(22(26)35)33-23(36)19(9-6-10-29-25(27)28)32-24(37)21(31-15(3)34)12-16-13-30-18-8-5-4-7-17(16)18/h4-5,7-8,13-14,19-21,30H,6,9-12H2,1-3H3,(H2,26,35)(H,31,34)(H,32,37)(H,33,36)(H4,27,28,29)/t19-,20-,21+/m0/s1. The van der Waals surface area contributed by atoms with Gasteiger partial charge in [0.2, 0.25) is 23.6 Å². The minimum Gasteiger partial charge on any atom is -0.370 e. The van der Waals surface area contributed by atoms with Crippen LogP contribution in [0.15, 0.2) is 35.5 Å². The highest BCUT2D eigenvalue weighted by molar-refractivity contribution is 5.94. The number of nitrogens with one attached hydrogen (secondary N) is 4. The highest BCUT2D eigenvalue weighted by Gasteiger charge is 2.29. The van der Waals surface area contributed by atoms with Crippen LogP contribution in [-0.4, -0.2) is 59.2 Å². The summed E-state index contributed by atoms with van der Waals surface area (Å²) in [6.07, 6.45) is 2.92. The maximum Gasteiger partial charge on any atom is 0.243 e. The molecule has 2 rings (SSSR count). The number of para-hydroxylation sites is 1. The molecule has 0 radical (unpaired) electrons. The topological polar surface area (TPSA) is 211 Å². The van der Waals surface area contributed by atoms with Crippen LogP contribution in [0, 0.1) is 5.92 Å². The number of aromatic nitrogens is 1. The Bertz CT molecular complexity index is 1120. The zero-order valence-electron chi connectivity index (χ0n) is 21.5. The molecule has 0 fully saturated rings. The normalized spacial score (nSPS) is 13.4. The summed E-state index contributed by atoms with van der Waals surface area (Å²) in [7, 11) is 0. The number of rotatable bonds is 14. The van der Waals surface area contributed by atoms with Crippen LogP contribution in [0.2, 0.25) is 0 Å². The predicted octanol–water partition coefficient (Wildman–Crippen LogP) is -0.230. The van der Waals surface area contributed by atoms with Gasteiger partial charge in [0.25, 0.3) is 0 Å². The number of aliphatic imine (C=N–C) groups is 1. The average Bonchev–Trinajstić information content (AvgIpc) is 3.22. The van der Waals surface area contributed by atoms with Crippen LogP contribution < -0.4 is 33.2 Å². The number of H-pyrrole nitrogens is 1. The summed E-state index contributed by atoms with van der Waals surface area (Å²) in [6.45, 7) is 5.37. The van der Waals surface area contributed by atoms with E-state index in [0.29, 0.717) is 12.8 Å². The first-order valence-electron chi connectivity index (χ1n) is 12.3. The van der Waals surface area contributed by atoms with Crippen LogP contribution in [0.5, 0.6) is 0 Å². The van der Waals surface area contributed by atoms with Crippen molar-refractivity contribution < 1.29 is 19.2 Å². The number of fused-ring (bicyclic) bond motifs is 1. The molecule has 12 heteroatoms. The summed E-state index contributed by atoms with van der Waals surface area (Å²) < 4.78 is 0. The summed E-state index contributed by atoms with van der Waals surface area (Å²) in [5, 5.41) is 8.97. The molecule has 37 heavy (non-hydrogen) atoms. The van der Waals surface area contributed by atoms with Crippen LogP contribution in [-0.2, 0) is 25.6 Å². The largest absolute Gasteiger partial charge is 0.370 e. The van der Waals surface area contributed by atoms with E-state index in [-0.39, 0.29) is 37.2 Å². The second kappa shape index (κ2) is 13.9. The fourth-order valence-electron chi connectivity index (χ4n) is 4.01. The van der Waals surface area contributed by atoms with Gasteiger partial charge in [0, 0.05) is 37.0 Å². The molecule has 0 unspecified atom stereocenters. The fourth-order valence-corrected chi connectivity index (χ4v) is 4.01. The third-order valence-electron chi connectivity index (χ3n) is 5.74. The van der Waals surface area contributed by atoms with Crippen molar-refractivity contribution in [1.82, 2.24) is 20.9 Å². The number of nitrogens with zero attached hydrogens (tertiary/aromatic N) is 1. The van der Waals surface area contributed by atoms with Gasteiger partial charge in [-0.15, -0.1) is 0 Å². The summed E-state index contributed by atoms with van der Waals surface area (Å²) in [5.41, 5.74) is 18.0. The zero-order chi connectivity index (χ0) is 27.5. The van der Waals surface area contributed by atoms with Gasteiger partial charge in [-0.25, -0.2) is 0 Å². The van der Waals surface area contributed by atoms with Crippen LogP contribution in [0.4, 0.5) is 0 Å². The highest BCUT2D eigenvalue weighted by atomic mass is 16.2. The van der Waals surface area contributed by atoms with Gasteiger partial charge in [0.05, 0.1) is 0 Å². The lowest BCUT2D eigenvalue weighted by Crippen LogP contribution is -2.56. The van der Waals surface area contributed by atoms with Crippen molar-refractivity contribution in [2.45, 2.75) is 64.6 Å². The molecule has 202 valence electrons. The molecule has 0 aliphatic carbocycles. The van der Waals surface area contributed by atoms with Gasteiger partial charge in [0.1, 0.15) is 18.1 Å².